The molecule has 0 aromatic heterocycles. The number of likely N-dealkylation sites (N-methyl/N-ethyl adjacent to an activating group) is 1. The molecule has 100 valence electrons. The Morgan fingerprint density at radius 2 is 2.33 bits per heavy atom. The molecule has 1 aromatic carbocycles. The molecule has 0 spiro atoms. The van der Waals surface area contributed by atoms with Gasteiger partial charge in [-0.3, -0.25) is 4.90 Å². The topological polar surface area (TPSA) is 33.7 Å². The summed E-state index contributed by atoms with van der Waals surface area (Å²) < 4.78 is 11.0. The summed E-state index contributed by atoms with van der Waals surface area (Å²) in [6.07, 6.45) is 0. The number of fused-ring (bicyclic) bond motifs is 1. The lowest BCUT2D eigenvalue weighted by molar-refractivity contribution is 0.111. The third-order valence-corrected chi connectivity index (χ3v) is 3.34. The lowest BCUT2D eigenvalue weighted by Gasteiger charge is -2.27. The molecule has 1 aliphatic rings. The molecule has 0 fully saturated rings. The summed E-state index contributed by atoms with van der Waals surface area (Å²) in [6, 6.07) is 6.66. The van der Waals surface area contributed by atoms with Gasteiger partial charge < -0.3 is 14.8 Å². The van der Waals surface area contributed by atoms with E-state index in [0.29, 0.717) is 6.04 Å². The third kappa shape index (κ3) is 2.94. The van der Waals surface area contributed by atoms with E-state index in [0.717, 1.165) is 37.7 Å². The Morgan fingerprint density at radius 3 is 3.11 bits per heavy atom. The second kappa shape index (κ2) is 6.07. The van der Waals surface area contributed by atoms with Crippen molar-refractivity contribution in [1.29, 1.82) is 0 Å². The van der Waals surface area contributed by atoms with Crippen LogP contribution in [0.25, 0.3) is 0 Å². The average Bonchev–Trinajstić information content (AvgIpc) is 2.39. The summed E-state index contributed by atoms with van der Waals surface area (Å²) in [6.45, 7) is 5.39. The molecule has 2 rings (SSSR count). The Labute approximate surface area is 109 Å². The van der Waals surface area contributed by atoms with Crippen molar-refractivity contribution in [2.45, 2.75) is 19.5 Å². The Kier molecular flexibility index (Phi) is 4.44. The first-order chi connectivity index (χ1) is 8.72. The number of nitrogens with zero attached hydrogens (tertiary/aromatic N) is 1. The van der Waals surface area contributed by atoms with Crippen molar-refractivity contribution in [3.63, 3.8) is 0 Å². The van der Waals surface area contributed by atoms with Crippen molar-refractivity contribution in [3.05, 3.63) is 23.8 Å². The number of para-hydroxylation sites is 1. The number of methoxy groups -OCH3 is 1. The maximum absolute atomic E-state index is 5.77. The van der Waals surface area contributed by atoms with Gasteiger partial charge in [0, 0.05) is 31.8 Å². The predicted molar refractivity (Wildman–Crippen MR) is 73.2 cm³/mol. The second-order valence-corrected chi connectivity index (χ2v) is 4.79. The molecule has 0 radical (unpaired) electrons. The van der Waals surface area contributed by atoms with Gasteiger partial charge in [0.2, 0.25) is 0 Å². The molecule has 1 aliphatic heterocycles. The number of hydrogen-bond donors (Lipinski definition) is 1. The Morgan fingerprint density at radius 1 is 1.50 bits per heavy atom. The minimum Gasteiger partial charge on any atom is -0.489 e. The standard InChI is InChI=1S/C14H22N2O2/c1-11(10-17-3)16(2)9-12-5-4-6-13-14(12)18-8-7-15-13/h4-6,11,15H,7-10H2,1-3H3. The Bertz CT molecular complexity index is 395. The summed E-state index contributed by atoms with van der Waals surface area (Å²) >= 11 is 0. The van der Waals surface area contributed by atoms with Gasteiger partial charge in [-0.2, -0.15) is 0 Å². The zero-order valence-electron chi connectivity index (χ0n) is 11.4. The zero-order valence-corrected chi connectivity index (χ0v) is 11.4. The SMILES string of the molecule is COCC(C)N(C)Cc1cccc2c1OCCN2. The molecule has 1 atom stereocenters. The van der Waals surface area contributed by atoms with Gasteiger partial charge in [0.1, 0.15) is 12.4 Å². The van der Waals surface area contributed by atoms with Crippen LogP contribution in [0.2, 0.25) is 0 Å². The van der Waals surface area contributed by atoms with Gasteiger partial charge in [-0.1, -0.05) is 12.1 Å². The zero-order chi connectivity index (χ0) is 13.0. The maximum Gasteiger partial charge on any atom is 0.146 e. The summed E-state index contributed by atoms with van der Waals surface area (Å²) in [5, 5.41) is 3.36. The first-order valence-electron chi connectivity index (χ1n) is 6.40. The van der Waals surface area contributed by atoms with Gasteiger partial charge in [0.05, 0.1) is 12.3 Å². The number of ether oxygens (including phenoxy) is 2. The fourth-order valence-electron chi connectivity index (χ4n) is 2.15. The molecule has 0 saturated heterocycles. The molecule has 0 bridgehead atoms. The Hall–Kier alpha value is -1.26. The van der Waals surface area contributed by atoms with E-state index in [4.69, 9.17) is 9.47 Å². The first-order valence-corrected chi connectivity index (χ1v) is 6.40. The molecule has 18 heavy (non-hydrogen) atoms. The van der Waals surface area contributed by atoms with Crippen LogP contribution in [0.1, 0.15) is 12.5 Å². The normalized spacial score (nSPS) is 15.8. The number of benzene rings is 1. The molecule has 1 N–H and O–H groups in total. The van der Waals surface area contributed by atoms with Crippen LogP contribution >= 0.6 is 0 Å². The van der Waals surface area contributed by atoms with Crippen LogP contribution in [0.4, 0.5) is 5.69 Å². The van der Waals surface area contributed by atoms with E-state index in [-0.39, 0.29) is 0 Å². The fourth-order valence-corrected chi connectivity index (χ4v) is 2.15. The van der Waals surface area contributed by atoms with Crippen LogP contribution in [0.5, 0.6) is 5.75 Å². The molecule has 1 unspecified atom stereocenters. The van der Waals surface area contributed by atoms with Crippen LogP contribution in [0, 0.1) is 0 Å². The van der Waals surface area contributed by atoms with Crippen molar-refractivity contribution in [2.75, 3.05) is 39.2 Å². The number of rotatable bonds is 5. The van der Waals surface area contributed by atoms with Crippen LogP contribution < -0.4 is 10.1 Å². The van der Waals surface area contributed by atoms with Gasteiger partial charge in [-0.15, -0.1) is 0 Å². The molecule has 1 heterocycles. The van der Waals surface area contributed by atoms with Gasteiger partial charge >= 0.3 is 0 Å². The minimum atomic E-state index is 0.391. The Balaban J connectivity index is 2.09. The van der Waals surface area contributed by atoms with E-state index >= 15 is 0 Å². The molecule has 0 saturated carbocycles. The van der Waals surface area contributed by atoms with Crippen LogP contribution in [0.15, 0.2) is 18.2 Å². The van der Waals surface area contributed by atoms with E-state index in [1.165, 1.54) is 5.56 Å². The van der Waals surface area contributed by atoms with Gasteiger partial charge in [0.25, 0.3) is 0 Å². The highest BCUT2D eigenvalue weighted by Crippen LogP contribution is 2.32. The monoisotopic (exact) mass is 250 g/mol. The van der Waals surface area contributed by atoms with E-state index in [9.17, 15) is 0 Å². The van der Waals surface area contributed by atoms with Crippen molar-refractivity contribution in [3.8, 4) is 5.75 Å². The summed E-state index contributed by atoms with van der Waals surface area (Å²) in [5.74, 6) is 1.00. The highest BCUT2D eigenvalue weighted by molar-refractivity contribution is 5.61. The van der Waals surface area contributed by atoms with Gasteiger partial charge in [-0.25, -0.2) is 0 Å². The van der Waals surface area contributed by atoms with Gasteiger partial charge in [0.15, 0.2) is 0 Å². The molecule has 0 aliphatic carbocycles. The minimum absolute atomic E-state index is 0.391. The van der Waals surface area contributed by atoms with E-state index in [2.05, 4.69) is 42.4 Å². The highest BCUT2D eigenvalue weighted by Gasteiger charge is 2.16. The van der Waals surface area contributed by atoms with Gasteiger partial charge in [-0.05, 0) is 20.0 Å². The molecular formula is C14H22N2O2. The summed E-state index contributed by atoms with van der Waals surface area (Å²) in [4.78, 5) is 2.27. The number of anilines is 1. The van der Waals surface area contributed by atoms with E-state index in [1.54, 1.807) is 7.11 Å². The average molecular weight is 250 g/mol. The van der Waals surface area contributed by atoms with Crippen LogP contribution in [0.3, 0.4) is 0 Å². The highest BCUT2D eigenvalue weighted by atomic mass is 16.5. The lowest BCUT2D eigenvalue weighted by atomic mass is 10.1. The van der Waals surface area contributed by atoms with E-state index in [1.807, 2.05) is 0 Å². The molecule has 4 nitrogen and oxygen atoms in total. The maximum atomic E-state index is 5.77. The lowest BCUT2D eigenvalue weighted by Crippen LogP contribution is -2.32. The van der Waals surface area contributed by atoms with Crippen molar-refractivity contribution in [2.24, 2.45) is 0 Å². The summed E-state index contributed by atoms with van der Waals surface area (Å²) in [5.41, 5.74) is 2.33. The number of nitrogens with one attached hydrogen (secondary N) is 1. The first kappa shape index (κ1) is 13.2. The molecule has 1 aromatic rings. The smallest absolute Gasteiger partial charge is 0.146 e. The van der Waals surface area contributed by atoms with Crippen LogP contribution in [-0.4, -0.2) is 44.9 Å². The molecule has 4 heteroatoms. The quantitative estimate of drug-likeness (QED) is 0.866. The molecule has 0 amide bonds. The largest absolute Gasteiger partial charge is 0.489 e. The van der Waals surface area contributed by atoms with Crippen molar-refractivity contribution < 1.29 is 9.47 Å². The third-order valence-electron chi connectivity index (χ3n) is 3.34. The van der Waals surface area contributed by atoms with E-state index < -0.39 is 0 Å². The summed E-state index contributed by atoms with van der Waals surface area (Å²) in [7, 11) is 3.85. The van der Waals surface area contributed by atoms with Crippen LogP contribution in [-0.2, 0) is 11.3 Å². The number of hydrogen-bond acceptors (Lipinski definition) is 4. The predicted octanol–water partition coefficient (Wildman–Crippen LogP) is 1.96. The second-order valence-electron chi connectivity index (χ2n) is 4.79. The molecular weight excluding hydrogens is 228 g/mol. The van der Waals surface area contributed by atoms with Crippen molar-refractivity contribution in [1.82, 2.24) is 4.90 Å². The fraction of sp³-hybridized carbons (Fsp3) is 0.571. The van der Waals surface area contributed by atoms with Crippen molar-refractivity contribution >= 4 is 5.69 Å².